The SMILES string of the molecule is COC(C)C(C)Nc1cccc2c(=O)[nH][nH]c(=O)c12. The minimum absolute atomic E-state index is 0.00860. The van der Waals surface area contributed by atoms with Crippen molar-refractivity contribution in [2.45, 2.75) is 26.0 Å². The van der Waals surface area contributed by atoms with Crippen LogP contribution in [0.4, 0.5) is 5.69 Å². The van der Waals surface area contributed by atoms with Crippen molar-refractivity contribution in [3.63, 3.8) is 0 Å². The zero-order chi connectivity index (χ0) is 14.0. The van der Waals surface area contributed by atoms with Gasteiger partial charge in [-0.3, -0.25) is 19.8 Å². The van der Waals surface area contributed by atoms with Crippen molar-refractivity contribution in [3.05, 3.63) is 38.9 Å². The van der Waals surface area contributed by atoms with Crippen LogP contribution in [0, 0.1) is 0 Å². The van der Waals surface area contributed by atoms with Gasteiger partial charge in [0.1, 0.15) is 0 Å². The number of benzene rings is 1. The van der Waals surface area contributed by atoms with Crippen molar-refractivity contribution in [3.8, 4) is 0 Å². The van der Waals surface area contributed by atoms with Gasteiger partial charge in [-0.1, -0.05) is 6.07 Å². The molecule has 2 unspecified atom stereocenters. The van der Waals surface area contributed by atoms with Gasteiger partial charge in [0.15, 0.2) is 0 Å². The zero-order valence-electron chi connectivity index (χ0n) is 11.1. The number of ether oxygens (including phenoxy) is 1. The quantitative estimate of drug-likeness (QED) is 0.769. The molecule has 102 valence electrons. The molecule has 0 aliphatic rings. The van der Waals surface area contributed by atoms with Crippen LogP contribution < -0.4 is 16.4 Å². The molecule has 0 aliphatic carbocycles. The maximum Gasteiger partial charge on any atom is 0.272 e. The maximum absolute atomic E-state index is 11.9. The zero-order valence-corrected chi connectivity index (χ0v) is 11.1. The van der Waals surface area contributed by atoms with Gasteiger partial charge in [-0.05, 0) is 26.0 Å². The maximum atomic E-state index is 11.9. The molecule has 6 heteroatoms. The van der Waals surface area contributed by atoms with E-state index in [0.717, 1.165) is 0 Å². The Morgan fingerprint density at radius 1 is 1.16 bits per heavy atom. The van der Waals surface area contributed by atoms with E-state index in [1.165, 1.54) is 0 Å². The number of aromatic nitrogens is 2. The molecule has 2 rings (SSSR count). The molecule has 0 spiro atoms. The van der Waals surface area contributed by atoms with Crippen LogP contribution in [0.3, 0.4) is 0 Å². The summed E-state index contributed by atoms with van der Waals surface area (Å²) in [5, 5.41) is 8.58. The summed E-state index contributed by atoms with van der Waals surface area (Å²) in [4.78, 5) is 23.6. The number of nitrogens with one attached hydrogen (secondary N) is 3. The first-order valence-corrected chi connectivity index (χ1v) is 6.07. The Bertz CT molecular complexity index is 689. The molecule has 1 aromatic heterocycles. The highest BCUT2D eigenvalue weighted by atomic mass is 16.5. The lowest BCUT2D eigenvalue weighted by atomic mass is 10.1. The average Bonchev–Trinajstić information content (AvgIpc) is 2.42. The van der Waals surface area contributed by atoms with E-state index in [-0.39, 0.29) is 23.3 Å². The molecule has 0 amide bonds. The molecule has 0 saturated carbocycles. The second kappa shape index (κ2) is 5.27. The van der Waals surface area contributed by atoms with Crippen molar-refractivity contribution < 1.29 is 4.74 Å². The summed E-state index contributed by atoms with van der Waals surface area (Å²) in [6.45, 7) is 3.88. The van der Waals surface area contributed by atoms with Crippen LogP contribution in [0.15, 0.2) is 27.8 Å². The summed E-state index contributed by atoms with van der Waals surface area (Å²) >= 11 is 0. The fourth-order valence-corrected chi connectivity index (χ4v) is 1.92. The highest BCUT2D eigenvalue weighted by Crippen LogP contribution is 2.18. The minimum atomic E-state index is -0.324. The van der Waals surface area contributed by atoms with Crippen LogP contribution >= 0.6 is 0 Å². The van der Waals surface area contributed by atoms with Crippen molar-refractivity contribution in [1.82, 2.24) is 10.2 Å². The standard InChI is InChI=1S/C13H17N3O3/c1-7(8(2)19-3)14-10-6-4-5-9-11(10)13(18)16-15-12(9)17/h4-8,14H,1-3H3,(H,15,17)(H,16,18). The molecule has 6 nitrogen and oxygen atoms in total. The number of hydrogen-bond donors (Lipinski definition) is 3. The highest BCUT2D eigenvalue weighted by molar-refractivity contribution is 5.92. The molecule has 19 heavy (non-hydrogen) atoms. The molecule has 2 atom stereocenters. The van der Waals surface area contributed by atoms with Crippen LogP contribution in [-0.4, -0.2) is 29.5 Å². The molecule has 0 aliphatic heterocycles. The number of H-pyrrole nitrogens is 2. The van der Waals surface area contributed by atoms with Gasteiger partial charge < -0.3 is 10.1 Å². The third-order valence-electron chi connectivity index (χ3n) is 3.28. The van der Waals surface area contributed by atoms with E-state index in [9.17, 15) is 9.59 Å². The molecule has 0 bridgehead atoms. The molecule has 0 saturated heterocycles. The van der Waals surface area contributed by atoms with E-state index in [1.54, 1.807) is 25.3 Å². The summed E-state index contributed by atoms with van der Waals surface area (Å²) in [5.74, 6) is 0. The third-order valence-corrected chi connectivity index (χ3v) is 3.28. The van der Waals surface area contributed by atoms with Gasteiger partial charge in [-0.25, -0.2) is 0 Å². The van der Waals surface area contributed by atoms with E-state index in [1.807, 2.05) is 13.8 Å². The topological polar surface area (TPSA) is 87.0 Å². The van der Waals surface area contributed by atoms with Gasteiger partial charge in [-0.2, -0.15) is 0 Å². The van der Waals surface area contributed by atoms with E-state index in [2.05, 4.69) is 15.5 Å². The predicted molar refractivity (Wildman–Crippen MR) is 74.7 cm³/mol. The first-order chi connectivity index (χ1) is 9.04. The first kappa shape index (κ1) is 13.4. The first-order valence-electron chi connectivity index (χ1n) is 6.07. The Kier molecular flexibility index (Phi) is 3.71. The smallest absolute Gasteiger partial charge is 0.272 e. The Morgan fingerprint density at radius 3 is 2.53 bits per heavy atom. The fourth-order valence-electron chi connectivity index (χ4n) is 1.92. The van der Waals surface area contributed by atoms with Crippen molar-refractivity contribution in [2.75, 3.05) is 12.4 Å². The lowest BCUT2D eigenvalue weighted by molar-refractivity contribution is 0.106. The second-order valence-corrected chi connectivity index (χ2v) is 4.51. The number of hydrogen-bond acceptors (Lipinski definition) is 4. The summed E-state index contributed by atoms with van der Waals surface area (Å²) in [7, 11) is 1.63. The lowest BCUT2D eigenvalue weighted by Gasteiger charge is -2.21. The average molecular weight is 263 g/mol. The van der Waals surface area contributed by atoms with Crippen molar-refractivity contribution >= 4 is 16.5 Å². The Labute approximate surface area is 109 Å². The molecular weight excluding hydrogens is 246 g/mol. The van der Waals surface area contributed by atoms with Gasteiger partial charge in [0.2, 0.25) is 0 Å². The van der Waals surface area contributed by atoms with E-state index >= 15 is 0 Å². The predicted octanol–water partition coefficient (Wildman–Crippen LogP) is 1.05. The normalized spacial score (nSPS) is 14.3. The summed E-state index contributed by atoms with van der Waals surface area (Å²) in [5.41, 5.74) is -0.0121. The van der Waals surface area contributed by atoms with Gasteiger partial charge in [-0.15, -0.1) is 0 Å². The molecule has 1 heterocycles. The molecule has 3 N–H and O–H groups in total. The minimum Gasteiger partial charge on any atom is -0.380 e. The van der Waals surface area contributed by atoms with Crippen LogP contribution in [0.1, 0.15) is 13.8 Å². The number of rotatable bonds is 4. The summed E-state index contributed by atoms with van der Waals surface area (Å²) in [6.07, 6.45) is -0.0173. The van der Waals surface area contributed by atoms with Gasteiger partial charge in [0, 0.05) is 18.8 Å². The Hall–Kier alpha value is -2.08. The molecule has 0 fully saturated rings. The van der Waals surface area contributed by atoms with E-state index in [4.69, 9.17) is 4.74 Å². The number of anilines is 1. The number of methoxy groups -OCH3 is 1. The van der Waals surface area contributed by atoms with Crippen molar-refractivity contribution in [2.24, 2.45) is 0 Å². The Balaban J connectivity index is 2.53. The van der Waals surface area contributed by atoms with Gasteiger partial charge in [0.05, 0.1) is 16.9 Å². The van der Waals surface area contributed by atoms with Gasteiger partial charge >= 0.3 is 0 Å². The number of aromatic amines is 2. The van der Waals surface area contributed by atoms with Crippen LogP contribution in [0.5, 0.6) is 0 Å². The lowest BCUT2D eigenvalue weighted by Crippen LogP contribution is -2.30. The second-order valence-electron chi connectivity index (χ2n) is 4.51. The number of fused-ring (bicyclic) bond motifs is 1. The molecule has 1 aromatic carbocycles. The Morgan fingerprint density at radius 2 is 1.84 bits per heavy atom. The van der Waals surface area contributed by atoms with E-state index < -0.39 is 0 Å². The third kappa shape index (κ3) is 2.53. The van der Waals surface area contributed by atoms with Gasteiger partial charge in [0.25, 0.3) is 11.1 Å². The van der Waals surface area contributed by atoms with E-state index in [0.29, 0.717) is 16.5 Å². The summed E-state index contributed by atoms with van der Waals surface area (Å²) < 4.78 is 5.23. The molecule has 2 aromatic rings. The molecular formula is C13H17N3O3. The molecule has 0 radical (unpaired) electrons. The monoisotopic (exact) mass is 263 g/mol. The van der Waals surface area contributed by atoms with Crippen LogP contribution in [0.2, 0.25) is 0 Å². The van der Waals surface area contributed by atoms with Crippen LogP contribution in [0.25, 0.3) is 10.8 Å². The summed E-state index contributed by atoms with van der Waals surface area (Å²) in [6, 6.07) is 5.15. The largest absolute Gasteiger partial charge is 0.380 e. The van der Waals surface area contributed by atoms with Crippen LogP contribution in [-0.2, 0) is 4.74 Å². The fraction of sp³-hybridized carbons (Fsp3) is 0.385. The highest BCUT2D eigenvalue weighted by Gasteiger charge is 2.14. The van der Waals surface area contributed by atoms with Crippen molar-refractivity contribution in [1.29, 1.82) is 0 Å².